The Kier molecular flexibility index (Phi) is 6.24. The van der Waals surface area contributed by atoms with Crippen LogP contribution < -0.4 is 0 Å². The summed E-state index contributed by atoms with van der Waals surface area (Å²) < 4.78 is 31.2. The van der Waals surface area contributed by atoms with Gasteiger partial charge in [-0.2, -0.15) is 0 Å². The molecule has 0 radical (unpaired) electrons. The Labute approximate surface area is 134 Å². The third-order valence-electron chi connectivity index (χ3n) is 4.53. The molecule has 1 fully saturated rings. The van der Waals surface area contributed by atoms with Gasteiger partial charge in [0.2, 0.25) is 0 Å². The fraction of sp³-hybridized carbons (Fsp3) is 0.750. The topological polar surface area (TPSA) is 30.9 Å². The Morgan fingerprint density at radius 1 is 1.18 bits per heavy atom. The van der Waals surface area contributed by atoms with Crippen molar-refractivity contribution in [3.8, 4) is 0 Å². The second-order valence-corrected chi connectivity index (χ2v) is 6.82. The Bertz CT molecular complexity index is 444. The molecule has 4 nitrogen and oxygen atoms in total. The molecule has 0 bridgehead atoms. The van der Waals surface area contributed by atoms with E-state index in [1.807, 2.05) is 46.6 Å². The highest BCUT2D eigenvalue weighted by atomic mass is 19.1. The molecule has 6 heteroatoms. The molecular weight excluding hydrogens is 284 g/mol. The number of methoxy groups -OCH3 is 1. The van der Waals surface area contributed by atoms with E-state index in [1.165, 1.54) is 6.08 Å². The number of allylic oxidation sites excluding steroid dienone is 4. The van der Waals surface area contributed by atoms with Gasteiger partial charge < -0.3 is 18.9 Å². The average molecular weight is 313 g/mol. The number of hydrogen-bond donors (Lipinski definition) is 0. The molecule has 0 spiro atoms. The Morgan fingerprint density at radius 3 is 2.14 bits per heavy atom. The lowest BCUT2D eigenvalue weighted by molar-refractivity contribution is 0.00578. The van der Waals surface area contributed by atoms with Gasteiger partial charge in [0.05, 0.1) is 17.8 Å². The van der Waals surface area contributed by atoms with Crippen LogP contribution in [-0.2, 0) is 14.0 Å². The minimum absolute atomic E-state index is 0.286. The number of halogens is 1. The molecule has 0 aromatic carbocycles. The van der Waals surface area contributed by atoms with Gasteiger partial charge in [-0.25, -0.2) is 4.39 Å². The zero-order chi connectivity index (χ0) is 17.1. The molecule has 0 aromatic heterocycles. The van der Waals surface area contributed by atoms with Gasteiger partial charge in [-0.1, -0.05) is 0 Å². The molecule has 22 heavy (non-hydrogen) atoms. The van der Waals surface area contributed by atoms with Crippen molar-refractivity contribution in [2.24, 2.45) is 0 Å². The molecule has 0 unspecified atom stereocenters. The van der Waals surface area contributed by atoms with Crippen LogP contribution in [0.3, 0.4) is 0 Å². The first-order valence-corrected chi connectivity index (χ1v) is 7.62. The van der Waals surface area contributed by atoms with Crippen LogP contribution in [0, 0.1) is 0 Å². The summed E-state index contributed by atoms with van der Waals surface area (Å²) in [4.78, 5) is 1.83. The minimum atomic E-state index is -0.521. The summed E-state index contributed by atoms with van der Waals surface area (Å²) >= 11 is 0. The Balaban J connectivity index is 2.84. The van der Waals surface area contributed by atoms with E-state index in [4.69, 9.17) is 14.0 Å². The number of likely N-dealkylation sites (N-methyl/N-ethyl adjacent to an activating group) is 1. The largest absolute Gasteiger partial charge is 0.490 e. The maximum absolute atomic E-state index is 14.4. The van der Waals surface area contributed by atoms with Crippen LogP contribution in [0.5, 0.6) is 0 Å². The van der Waals surface area contributed by atoms with Crippen LogP contribution in [0.2, 0.25) is 0 Å². The summed E-state index contributed by atoms with van der Waals surface area (Å²) in [5.41, 5.74) is 0.442. The van der Waals surface area contributed by atoms with Gasteiger partial charge in [-0.05, 0) is 53.1 Å². The molecule has 1 aliphatic rings. The van der Waals surface area contributed by atoms with Gasteiger partial charge in [0, 0.05) is 26.4 Å². The minimum Gasteiger partial charge on any atom is -0.400 e. The Morgan fingerprint density at radius 2 is 1.68 bits per heavy atom. The van der Waals surface area contributed by atoms with Gasteiger partial charge in [-0.15, -0.1) is 0 Å². The lowest BCUT2D eigenvalue weighted by atomic mass is 9.79. The van der Waals surface area contributed by atoms with Gasteiger partial charge in [0.15, 0.2) is 0 Å². The van der Waals surface area contributed by atoms with Crippen molar-refractivity contribution in [2.45, 2.75) is 52.7 Å². The summed E-state index contributed by atoms with van der Waals surface area (Å²) in [5.74, 6) is -0.286. The first-order chi connectivity index (χ1) is 10.0. The number of ether oxygens (including phenoxy) is 1. The van der Waals surface area contributed by atoms with Gasteiger partial charge in [0.1, 0.15) is 5.83 Å². The van der Waals surface area contributed by atoms with Crippen LogP contribution in [0.25, 0.3) is 0 Å². The van der Waals surface area contributed by atoms with Crippen molar-refractivity contribution in [1.29, 1.82) is 0 Å². The van der Waals surface area contributed by atoms with Crippen molar-refractivity contribution in [2.75, 3.05) is 27.3 Å². The summed E-state index contributed by atoms with van der Waals surface area (Å²) in [6.45, 7) is 12.7. The third kappa shape index (κ3) is 4.34. The summed E-state index contributed by atoms with van der Waals surface area (Å²) in [6, 6.07) is 0. The lowest BCUT2D eigenvalue weighted by Crippen LogP contribution is -2.41. The van der Waals surface area contributed by atoms with Crippen molar-refractivity contribution >= 4 is 7.12 Å². The van der Waals surface area contributed by atoms with E-state index >= 15 is 0 Å². The zero-order valence-electron chi connectivity index (χ0n) is 15.1. The molecule has 0 aliphatic carbocycles. The molecule has 0 atom stereocenters. The summed E-state index contributed by atoms with van der Waals surface area (Å²) in [6.07, 6.45) is 1.49. The van der Waals surface area contributed by atoms with Crippen LogP contribution in [0.4, 0.5) is 4.39 Å². The van der Waals surface area contributed by atoms with Gasteiger partial charge >= 0.3 is 7.12 Å². The second kappa shape index (κ2) is 7.15. The second-order valence-electron chi connectivity index (χ2n) is 6.82. The van der Waals surface area contributed by atoms with Crippen LogP contribution in [-0.4, -0.2) is 50.5 Å². The lowest BCUT2D eigenvalue weighted by Gasteiger charge is -2.32. The van der Waals surface area contributed by atoms with E-state index in [0.29, 0.717) is 18.8 Å². The molecule has 1 aliphatic heterocycles. The van der Waals surface area contributed by atoms with E-state index < -0.39 is 18.3 Å². The monoisotopic (exact) mass is 313 g/mol. The van der Waals surface area contributed by atoms with E-state index in [9.17, 15) is 4.39 Å². The van der Waals surface area contributed by atoms with E-state index in [2.05, 4.69) is 0 Å². The first-order valence-electron chi connectivity index (χ1n) is 7.62. The molecular formula is C16H29BFNO3. The predicted octanol–water partition coefficient (Wildman–Crippen LogP) is 3.34. The fourth-order valence-electron chi connectivity index (χ4n) is 1.98. The smallest absolute Gasteiger partial charge is 0.400 e. The highest BCUT2D eigenvalue weighted by molar-refractivity contribution is 6.54. The molecule has 1 rings (SSSR count). The maximum Gasteiger partial charge on any atom is 0.490 e. The standard InChI is InChI=1S/C16H29BFNO3/c1-12(17-21-15(3,4)16(5,6)22-17)11-14(18)13(2)19(7)9-10-20-8/h11H,9-10H2,1-8H3/b12-11+,14-13-. The van der Waals surface area contributed by atoms with Crippen molar-refractivity contribution in [3.05, 3.63) is 23.1 Å². The van der Waals surface area contributed by atoms with Crippen molar-refractivity contribution < 1.29 is 18.4 Å². The van der Waals surface area contributed by atoms with Crippen molar-refractivity contribution in [3.63, 3.8) is 0 Å². The van der Waals surface area contributed by atoms with Gasteiger partial charge in [0.25, 0.3) is 0 Å². The molecule has 0 saturated carbocycles. The highest BCUT2D eigenvalue weighted by Crippen LogP contribution is 2.38. The average Bonchev–Trinajstić information content (AvgIpc) is 2.63. The summed E-state index contributed by atoms with van der Waals surface area (Å²) in [7, 11) is 2.95. The third-order valence-corrected chi connectivity index (χ3v) is 4.53. The SMILES string of the molecule is COCCN(C)/C(C)=C(F)/C=C(\C)B1OC(C)(C)C(C)(C)O1. The van der Waals surface area contributed by atoms with Crippen LogP contribution in [0.15, 0.2) is 23.1 Å². The molecule has 0 N–H and O–H groups in total. The number of rotatable bonds is 6. The van der Waals surface area contributed by atoms with E-state index in [-0.39, 0.29) is 5.83 Å². The van der Waals surface area contributed by atoms with E-state index in [0.717, 1.165) is 5.47 Å². The summed E-state index contributed by atoms with van der Waals surface area (Å²) in [5, 5.41) is 0. The highest BCUT2D eigenvalue weighted by Gasteiger charge is 2.51. The quantitative estimate of drug-likeness (QED) is 0.556. The zero-order valence-corrected chi connectivity index (χ0v) is 15.1. The van der Waals surface area contributed by atoms with E-state index in [1.54, 1.807) is 14.0 Å². The fourth-order valence-corrected chi connectivity index (χ4v) is 1.98. The molecule has 1 saturated heterocycles. The maximum atomic E-state index is 14.4. The van der Waals surface area contributed by atoms with Crippen molar-refractivity contribution in [1.82, 2.24) is 4.90 Å². The molecule has 0 aromatic rings. The first kappa shape index (κ1) is 19.2. The molecule has 0 amide bonds. The van der Waals surface area contributed by atoms with Gasteiger partial charge in [-0.3, -0.25) is 0 Å². The predicted molar refractivity (Wildman–Crippen MR) is 88.2 cm³/mol. The Hall–Kier alpha value is -0.845. The number of nitrogens with zero attached hydrogens (tertiary/aromatic N) is 1. The molecule has 1 heterocycles. The number of hydrogen-bond acceptors (Lipinski definition) is 4. The normalized spacial score (nSPS) is 21.9. The molecule has 126 valence electrons. The van der Waals surface area contributed by atoms with Crippen LogP contribution in [0.1, 0.15) is 41.5 Å². The van der Waals surface area contributed by atoms with Crippen LogP contribution >= 0.6 is 0 Å².